The Hall–Kier alpha value is -2.40. The SMILES string of the molecule is O=C(c1cc(-c2cccs2)nn1-c1ccccc1)N(C1CCCC1)C1CC1. The zero-order valence-electron chi connectivity index (χ0n) is 15.3. The van der Waals surface area contributed by atoms with Crippen molar-refractivity contribution in [2.24, 2.45) is 0 Å². The molecule has 2 fully saturated rings. The van der Waals surface area contributed by atoms with E-state index < -0.39 is 0 Å². The lowest BCUT2D eigenvalue weighted by Gasteiger charge is -2.29. The molecule has 1 amide bonds. The Labute approximate surface area is 163 Å². The summed E-state index contributed by atoms with van der Waals surface area (Å²) in [5.41, 5.74) is 2.49. The van der Waals surface area contributed by atoms with Crippen molar-refractivity contribution in [2.75, 3.05) is 0 Å². The van der Waals surface area contributed by atoms with Crippen LogP contribution in [0.4, 0.5) is 0 Å². The highest BCUT2D eigenvalue weighted by Gasteiger charge is 2.40. The van der Waals surface area contributed by atoms with Crippen LogP contribution in [0, 0.1) is 0 Å². The van der Waals surface area contributed by atoms with E-state index in [0.717, 1.165) is 41.9 Å². The number of carbonyl (C=O) groups excluding carboxylic acids is 1. The molecule has 2 saturated carbocycles. The fourth-order valence-corrected chi connectivity index (χ4v) is 4.82. The van der Waals surface area contributed by atoms with Gasteiger partial charge in [0, 0.05) is 12.1 Å². The molecule has 1 aromatic carbocycles. The van der Waals surface area contributed by atoms with Gasteiger partial charge in [0.2, 0.25) is 0 Å². The summed E-state index contributed by atoms with van der Waals surface area (Å²) in [6.45, 7) is 0. The minimum absolute atomic E-state index is 0.142. The van der Waals surface area contributed by atoms with E-state index >= 15 is 0 Å². The van der Waals surface area contributed by atoms with Crippen molar-refractivity contribution < 1.29 is 4.79 Å². The Kier molecular flexibility index (Phi) is 4.32. The Morgan fingerprint density at radius 1 is 1.00 bits per heavy atom. The second-order valence-corrected chi connectivity index (χ2v) is 8.47. The van der Waals surface area contributed by atoms with Gasteiger partial charge in [0.15, 0.2) is 0 Å². The average Bonchev–Trinajstić information content (AvgIpc) is 3.16. The maximum atomic E-state index is 13.7. The number of benzene rings is 1. The highest BCUT2D eigenvalue weighted by atomic mass is 32.1. The number of rotatable bonds is 5. The van der Waals surface area contributed by atoms with Crippen LogP contribution in [0.15, 0.2) is 53.9 Å². The molecular formula is C22H23N3OS. The molecule has 2 aliphatic rings. The van der Waals surface area contributed by atoms with Gasteiger partial charge in [-0.15, -0.1) is 11.3 Å². The predicted octanol–water partition coefficient (Wildman–Crippen LogP) is 5.15. The fourth-order valence-electron chi connectivity index (χ4n) is 4.14. The molecule has 2 aliphatic carbocycles. The van der Waals surface area contributed by atoms with Gasteiger partial charge in [-0.25, -0.2) is 4.68 Å². The zero-order valence-corrected chi connectivity index (χ0v) is 16.1. The predicted molar refractivity (Wildman–Crippen MR) is 108 cm³/mol. The molecule has 5 rings (SSSR count). The largest absolute Gasteiger partial charge is 0.331 e. The summed E-state index contributed by atoms with van der Waals surface area (Å²) >= 11 is 1.66. The summed E-state index contributed by atoms with van der Waals surface area (Å²) in [6, 6.07) is 16.9. The van der Waals surface area contributed by atoms with Gasteiger partial charge in [-0.05, 0) is 55.3 Å². The second kappa shape index (κ2) is 6.97. The highest BCUT2D eigenvalue weighted by Crippen LogP contribution is 2.36. The Morgan fingerprint density at radius 3 is 2.41 bits per heavy atom. The lowest BCUT2D eigenvalue weighted by atomic mass is 10.1. The van der Waals surface area contributed by atoms with Gasteiger partial charge in [0.1, 0.15) is 11.4 Å². The van der Waals surface area contributed by atoms with Gasteiger partial charge < -0.3 is 4.90 Å². The zero-order chi connectivity index (χ0) is 18.2. The smallest absolute Gasteiger partial charge is 0.273 e. The number of hydrogen-bond acceptors (Lipinski definition) is 3. The van der Waals surface area contributed by atoms with E-state index in [1.54, 1.807) is 11.3 Å². The Balaban J connectivity index is 1.58. The molecule has 5 heteroatoms. The third-order valence-corrected chi connectivity index (χ3v) is 6.49. The molecule has 138 valence electrons. The van der Waals surface area contributed by atoms with Gasteiger partial charge in [-0.1, -0.05) is 37.1 Å². The third kappa shape index (κ3) is 3.21. The van der Waals surface area contributed by atoms with E-state index in [4.69, 9.17) is 5.10 Å². The lowest BCUT2D eigenvalue weighted by molar-refractivity contribution is 0.0655. The maximum Gasteiger partial charge on any atom is 0.273 e. The topological polar surface area (TPSA) is 38.1 Å². The van der Waals surface area contributed by atoms with E-state index in [0.29, 0.717) is 17.8 Å². The van der Waals surface area contributed by atoms with Crippen molar-refractivity contribution >= 4 is 17.2 Å². The van der Waals surface area contributed by atoms with Gasteiger partial charge in [-0.3, -0.25) is 4.79 Å². The first-order valence-electron chi connectivity index (χ1n) is 9.83. The molecule has 0 aliphatic heterocycles. The first-order chi connectivity index (χ1) is 13.3. The van der Waals surface area contributed by atoms with Gasteiger partial charge in [0.05, 0.1) is 10.6 Å². The van der Waals surface area contributed by atoms with Crippen LogP contribution in [-0.2, 0) is 0 Å². The minimum Gasteiger partial charge on any atom is -0.331 e. The first-order valence-corrected chi connectivity index (χ1v) is 10.7. The molecule has 0 saturated heterocycles. The van der Waals surface area contributed by atoms with Crippen molar-refractivity contribution in [2.45, 2.75) is 50.6 Å². The summed E-state index contributed by atoms with van der Waals surface area (Å²) < 4.78 is 1.84. The maximum absolute atomic E-state index is 13.7. The number of aromatic nitrogens is 2. The number of nitrogens with zero attached hydrogens (tertiary/aromatic N) is 3. The molecule has 0 radical (unpaired) electrons. The number of carbonyl (C=O) groups is 1. The summed E-state index contributed by atoms with van der Waals surface area (Å²) in [5.74, 6) is 0.142. The van der Waals surface area contributed by atoms with Crippen molar-refractivity contribution in [1.29, 1.82) is 0 Å². The second-order valence-electron chi connectivity index (χ2n) is 7.52. The molecule has 0 bridgehead atoms. The van der Waals surface area contributed by atoms with Crippen LogP contribution in [0.25, 0.3) is 16.3 Å². The summed E-state index contributed by atoms with van der Waals surface area (Å²) in [5, 5.41) is 6.86. The minimum atomic E-state index is 0.142. The first kappa shape index (κ1) is 16.8. The standard InChI is InChI=1S/C22H23N3OS/c26-22(24(17-12-13-17)16-7-4-5-8-16)20-15-19(21-11-6-14-27-21)23-25(20)18-9-2-1-3-10-18/h1-3,6,9-11,14-17H,4-5,7-8,12-13H2. The van der Waals surface area contributed by atoms with Crippen molar-refractivity contribution in [3.05, 3.63) is 59.6 Å². The van der Waals surface area contributed by atoms with Gasteiger partial charge in [0.25, 0.3) is 5.91 Å². The van der Waals surface area contributed by atoms with Crippen molar-refractivity contribution in [1.82, 2.24) is 14.7 Å². The number of amides is 1. The summed E-state index contributed by atoms with van der Waals surface area (Å²) in [7, 11) is 0. The van der Waals surface area contributed by atoms with Crippen LogP contribution in [0.2, 0.25) is 0 Å². The van der Waals surface area contributed by atoms with E-state index in [1.807, 2.05) is 52.5 Å². The fraction of sp³-hybridized carbons (Fsp3) is 0.364. The van der Waals surface area contributed by atoms with Crippen LogP contribution < -0.4 is 0 Å². The average molecular weight is 378 g/mol. The highest BCUT2D eigenvalue weighted by molar-refractivity contribution is 7.13. The van der Waals surface area contributed by atoms with Crippen LogP contribution in [-0.4, -0.2) is 32.7 Å². The van der Waals surface area contributed by atoms with E-state index in [2.05, 4.69) is 11.0 Å². The summed E-state index contributed by atoms with van der Waals surface area (Å²) in [6.07, 6.45) is 7.02. The Morgan fingerprint density at radius 2 is 1.74 bits per heavy atom. The quantitative estimate of drug-likeness (QED) is 0.617. The number of hydrogen-bond donors (Lipinski definition) is 0. The number of thiophene rings is 1. The third-order valence-electron chi connectivity index (χ3n) is 5.60. The van der Waals surface area contributed by atoms with E-state index in [1.165, 1.54) is 12.8 Å². The molecule has 0 unspecified atom stereocenters. The molecule has 0 N–H and O–H groups in total. The van der Waals surface area contributed by atoms with Crippen molar-refractivity contribution in [3.63, 3.8) is 0 Å². The van der Waals surface area contributed by atoms with Gasteiger partial charge >= 0.3 is 0 Å². The van der Waals surface area contributed by atoms with Crippen LogP contribution >= 0.6 is 11.3 Å². The molecule has 4 nitrogen and oxygen atoms in total. The van der Waals surface area contributed by atoms with Crippen LogP contribution in [0.3, 0.4) is 0 Å². The monoisotopic (exact) mass is 377 g/mol. The molecule has 2 aromatic heterocycles. The van der Waals surface area contributed by atoms with Crippen molar-refractivity contribution in [3.8, 4) is 16.3 Å². The molecule has 27 heavy (non-hydrogen) atoms. The number of para-hydroxylation sites is 1. The molecular weight excluding hydrogens is 354 g/mol. The van der Waals surface area contributed by atoms with E-state index in [9.17, 15) is 4.79 Å². The molecule has 0 spiro atoms. The normalized spacial score (nSPS) is 17.3. The molecule has 3 aromatic rings. The lowest BCUT2D eigenvalue weighted by Crippen LogP contribution is -2.41. The van der Waals surface area contributed by atoms with Crippen LogP contribution in [0.1, 0.15) is 49.0 Å². The summed E-state index contributed by atoms with van der Waals surface area (Å²) in [4.78, 5) is 16.9. The van der Waals surface area contributed by atoms with Crippen LogP contribution in [0.5, 0.6) is 0 Å². The van der Waals surface area contributed by atoms with E-state index in [-0.39, 0.29) is 5.91 Å². The van der Waals surface area contributed by atoms with Gasteiger partial charge in [-0.2, -0.15) is 5.10 Å². The molecule has 2 heterocycles. The molecule has 0 atom stereocenters. The Bertz CT molecular complexity index is 922.